The quantitative estimate of drug-likeness (QED) is 0.153. The van der Waals surface area contributed by atoms with Crippen LogP contribution < -0.4 is 29.0 Å². The van der Waals surface area contributed by atoms with E-state index in [1.54, 1.807) is 32.4 Å². The van der Waals surface area contributed by atoms with E-state index in [0.717, 1.165) is 11.1 Å². The average Bonchev–Trinajstić information content (AvgIpc) is 2.94. The summed E-state index contributed by atoms with van der Waals surface area (Å²) in [6.45, 7) is 0. The first-order chi connectivity index (χ1) is 18.3. The third-order valence-corrected chi connectivity index (χ3v) is 5.47. The van der Waals surface area contributed by atoms with E-state index in [0.29, 0.717) is 28.5 Å². The smallest absolute Gasteiger partial charge is 0.315 e. The number of anilines is 1. The zero-order valence-corrected chi connectivity index (χ0v) is 21.6. The molecule has 0 saturated heterocycles. The number of nitro groups is 1. The van der Waals surface area contributed by atoms with Crippen LogP contribution in [0.4, 0.5) is 11.4 Å². The molecule has 0 radical (unpaired) electrons. The maximum Gasteiger partial charge on any atom is 0.315 e. The molecule has 3 rings (SSSR count). The standard InChI is InChI=1S/C28H28N2O8/c1-34-23-15-18(14-22(30(32)33)27(23)37-4)11-13-26(31)29-21-9-7-6-8-20(21)12-10-19-16-24(35-2)28(38-5)25(17-19)36-3/h6-17H,1-5H3,(H,29,31)/b12-10?,13-11+. The second-order valence-electron chi connectivity index (χ2n) is 7.73. The van der Waals surface area contributed by atoms with Gasteiger partial charge in [-0.05, 0) is 47.0 Å². The predicted octanol–water partition coefficient (Wildman–Crippen LogP) is 5.46. The van der Waals surface area contributed by atoms with Gasteiger partial charge in [-0.3, -0.25) is 14.9 Å². The van der Waals surface area contributed by atoms with Crippen molar-refractivity contribution < 1.29 is 33.4 Å². The Hall–Kier alpha value is -4.99. The number of hydrogen-bond acceptors (Lipinski definition) is 8. The Morgan fingerprint density at radius 3 is 1.87 bits per heavy atom. The summed E-state index contributed by atoms with van der Waals surface area (Å²) in [5, 5.41) is 14.3. The van der Waals surface area contributed by atoms with E-state index in [-0.39, 0.29) is 17.2 Å². The zero-order chi connectivity index (χ0) is 27.7. The number of rotatable bonds is 11. The highest BCUT2D eigenvalue weighted by molar-refractivity contribution is 6.03. The van der Waals surface area contributed by atoms with Crippen molar-refractivity contribution in [3.05, 3.63) is 81.4 Å². The van der Waals surface area contributed by atoms with Crippen molar-refractivity contribution in [3.63, 3.8) is 0 Å². The number of amides is 1. The van der Waals surface area contributed by atoms with Crippen molar-refractivity contribution in [2.75, 3.05) is 40.9 Å². The number of benzene rings is 3. The molecule has 3 aromatic carbocycles. The van der Waals surface area contributed by atoms with E-state index >= 15 is 0 Å². The fourth-order valence-electron chi connectivity index (χ4n) is 3.68. The van der Waals surface area contributed by atoms with E-state index in [1.165, 1.54) is 39.5 Å². The second-order valence-corrected chi connectivity index (χ2v) is 7.73. The van der Waals surface area contributed by atoms with Crippen LogP contribution in [0.15, 0.2) is 54.6 Å². The molecule has 0 heterocycles. The van der Waals surface area contributed by atoms with Crippen molar-refractivity contribution in [2.45, 2.75) is 0 Å². The molecule has 0 atom stereocenters. The maximum atomic E-state index is 12.7. The van der Waals surface area contributed by atoms with E-state index in [4.69, 9.17) is 23.7 Å². The molecule has 0 bridgehead atoms. The molecule has 0 fully saturated rings. The average molecular weight is 521 g/mol. The maximum absolute atomic E-state index is 12.7. The number of nitrogens with one attached hydrogen (secondary N) is 1. The van der Waals surface area contributed by atoms with Crippen molar-refractivity contribution in [1.29, 1.82) is 0 Å². The molecule has 198 valence electrons. The third-order valence-electron chi connectivity index (χ3n) is 5.47. The van der Waals surface area contributed by atoms with Gasteiger partial charge in [0.15, 0.2) is 17.2 Å². The summed E-state index contributed by atoms with van der Waals surface area (Å²) in [5.74, 6) is 1.31. The van der Waals surface area contributed by atoms with Crippen molar-refractivity contribution in [1.82, 2.24) is 0 Å². The SMILES string of the molecule is COc1cc(C=Cc2ccccc2NC(=O)/C=C/c2cc(OC)c(OC)c([N+](=O)[O-])c2)cc(OC)c1OC. The summed E-state index contributed by atoms with van der Waals surface area (Å²) in [4.78, 5) is 23.5. The Bertz CT molecular complexity index is 1360. The van der Waals surface area contributed by atoms with Gasteiger partial charge in [-0.25, -0.2) is 0 Å². The van der Waals surface area contributed by atoms with Gasteiger partial charge in [0.05, 0.1) is 40.5 Å². The number of carbonyl (C=O) groups is 1. The largest absolute Gasteiger partial charge is 0.493 e. The summed E-state index contributed by atoms with van der Waals surface area (Å²) < 4.78 is 26.5. The normalized spacial score (nSPS) is 10.9. The molecule has 0 spiro atoms. The van der Waals surface area contributed by atoms with Gasteiger partial charge in [-0.1, -0.05) is 30.4 Å². The topological polar surface area (TPSA) is 118 Å². The van der Waals surface area contributed by atoms with Gasteiger partial charge in [0.2, 0.25) is 17.4 Å². The molecule has 0 aliphatic rings. The molecule has 10 nitrogen and oxygen atoms in total. The van der Waals surface area contributed by atoms with Crippen LogP contribution in [-0.4, -0.2) is 46.4 Å². The van der Waals surface area contributed by atoms with E-state index in [2.05, 4.69) is 5.32 Å². The Labute approximate surface area is 220 Å². The van der Waals surface area contributed by atoms with E-state index in [1.807, 2.05) is 36.4 Å². The molecule has 1 amide bonds. The van der Waals surface area contributed by atoms with Gasteiger partial charge in [-0.2, -0.15) is 0 Å². The van der Waals surface area contributed by atoms with Crippen LogP contribution in [0, 0.1) is 10.1 Å². The van der Waals surface area contributed by atoms with Gasteiger partial charge in [0.1, 0.15) is 0 Å². The molecule has 38 heavy (non-hydrogen) atoms. The van der Waals surface area contributed by atoms with E-state index < -0.39 is 10.8 Å². The Morgan fingerprint density at radius 2 is 1.32 bits per heavy atom. The van der Waals surface area contributed by atoms with Gasteiger partial charge < -0.3 is 29.0 Å². The monoisotopic (exact) mass is 520 g/mol. The number of methoxy groups -OCH3 is 5. The molecular weight excluding hydrogens is 492 g/mol. The van der Waals surface area contributed by atoms with E-state index in [9.17, 15) is 14.9 Å². The molecule has 0 unspecified atom stereocenters. The first kappa shape index (κ1) is 27.6. The molecule has 0 aliphatic carbocycles. The lowest BCUT2D eigenvalue weighted by atomic mass is 10.1. The van der Waals surface area contributed by atoms with Gasteiger partial charge in [0, 0.05) is 17.8 Å². The van der Waals surface area contributed by atoms with Crippen LogP contribution in [0.1, 0.15) is 16.7 Å². The molecule has 10 heteroatoms. The van der Waals surface area contributed by atoms with Crippen LogP contribution >= 0.6 is 0 Å². The minimum absolute atomic E-state index is 0.00640. The molecule has 1 N–H and O–H groups in total. The highest BCUT2D eigenvalue weighted by atomic mass is 16.6. The minimum Gasteiger partial charge on any atom is -0.493 e. The summed E-state index contributed by atoms with van der Waals surface area (Å²) in [5.41, 5.74) is 2.26. The second kappa shape index (κ2) is 12.8. The fourth-order valence-corrected chi connectivity index (χ4v) is 3.68. The lowest BCUT2D eigenvalue weighted by molar-refractivity contribution is -0.385. The Kier molecular flexibility index (Phi) is 9.31. The third kappa shape index (κ3) is 6.41. The molecule has 0 aromatic heterocycles. The van der Waals surface area contributed by atoms with Crippen molar-refractivity contribution >= 4 is 35.5 Å². The van der Waals surface area contributed by atoms with Gasteiger partial charge in [0.25, 0.3) is 0 Å². The van der Waals surface area contributed by atoms with Crippen LogP contribution in [0.2, 0.25) is 0 Å². The summed E-state index contributed by atoms with van der Waals surface area (Å²) in [7, 11) is 7.33. The number of nitrogens with zero attached hydrogens (tertiary/aromatic N) is 1. The fraction of sp³-hybridized carbons (Fsp3) is 0.179. The number of ether oxygens (including phenoxy) is 5. The van der Waals surface area contributed by atoms with Crippen molar-refractivity contribution in [2.24, 2.45) is 0 Å². The first-order valence-electron chi connectivity index (χ1n) is 11.3. The number of nitro benzene ring substituents is 1. The Balaban J connectivity index is 1.83. The minimum atomic E-state index is -0.574. The molecule has 0 aliphatic heterocycles. The number of carbonyl (C=O) groups excluding carboxylic acids is 1. The number of para-hydroxylation sites is 1. The molecular formula is C28H28N2O8. The highest BCUT2D eigenvalue weighted by Crippen LogP contribution is 2.39. The van der Waals surface area contributed by atoms with Crippen LogP contribution in [-0.2, 0) is 4.79 Å². The zero-order valence-electron chi connectivity index (χ0n) is 21.6. The van der Waals surface area contributed by atoms with Crippen LogP contribution in [0.5, 0.6) is 28.7 Å². The molecule has 0 saturated carbocycles. The van der Waals surface area contributed by atoms with Crippen molar-refractivity contribution in [3.8, 4) is 28.7 Å². The summed E-state index contributed by atoms with van der Waals surface area (Å²) in [6.07, 6.45) is 6.44. The first-order valence-corrected chi connectivity index (χ1v) is 11.3. The van der Waals surface area contributed by atoms with Gasteiger partial charge in [-0.15, -0.1) is 0 Å². The lowest BCUT2D eigenvalue weighted by Gasteiger charge is -2.13. The Morgan fingerprint density at radius 1 is 0.763 bits per heavy atom. The van der Waals surface area contributed by atoms with Crippen LogP contribution in [0.3, 0.4) is 0 Å². The predicted molar refractivity (Wildman–Crippen MR) is 145 cm³/mol. The summed E-state index contributed by atoms with van der Waals surface area (Å²) >= 11 is 0. The van der Waals surface area contributed by atoms with Gasteiger partial charge >= 0.3 is 5.69 Å². The lowest BCUT2D eigenvalue weighted by Crippen LogP contribution is -2.08. The number of hydrogen-bond donors (Lipinski definition) is 1. The van der Waals surface area contributed by atoms with Crippen LogP contribution in [0.25, 0.3) is 18.2 Å². The highest BCUT2D eigenvalue weighted by Gasteiger charge is 2.21. The molecule has 3 aromatic rings. The summed E-state index contributed by atoms with van der Waals surface area (Å²) in [6, 6.07) is 13.7.